The molecule has 2 rings (SSSR count). The third kappa shape index (κ3) is 1.14. The number of aliphatic hydroxyl groups is 1. The van der Waals surface area contributed by atoms with Crippen LogP contribution in [0.3, 0.4) is 0 Å². The summed E-state index contributed by atoms with van der Waals surface area (Å²) in [6, 6.07) is 0.439. The van der Waals surface area contributed by atoms with Crippen molar-refractivity contribution in [3.8, 4) is 0 Å². The number of rotatable bonds is 0. The quantitative estimate of drug-likeness (QED) is 0.510. The van der Waals surface area contributed by atoms with Crippen LogP contribution in [0.15, 0.2) is 0 Å². The van der Waals surface area contributed by atoms with Gasteiger partial charge in [-0.3, -0.25) is 0 Å². The highest BCUT2D eigenvalue weighted by Gasteiger charge is 2.42. The second-order valence-electron chi connectivity index (χ2n) is 2.70. The van der Waals surface area contributed by atoms with Crippen LogP contribution in [0.5, 0.6) is 0 Å². The van der Waals surface area contributed by atoms with Crippen LogP contribution in [0.1, 0.15) is 6.42 Å². The van der Waals surface area contributed by atoms with Crippen LogP contribution in [-0.2, 0) is 4.74 Å². The molecule has 4 heteroatoms. The van der Waals surface area contributed by atoms with Crippen molar-refractivity contribution < 1.29 is 9.84 Å². The maximum Gasteiger partial charge on any atom is 0.0988 e. The summed E-state index contributed by atoms with van der Waals surface area (Å²) in [5.41, 5.74) is 0. The molecule has 1 aliphatic carbocycles. The second kappa shape index (κ2) is 3.05. The molecular weight excluding hydrogens is 154 g/mol. The number of nitrogens with one attached hydrogen (secondary N) is 1. The minimum absolute atomic E-state index is 0. The Bertz CT molecular complexity index is 120. The first-order valence-electron chi connectivity index (χ1n) is 3.41. The van der Waals surface area contributed by atoms with E-state index in [1.54, 1.807) is 0 Å². The van der Waals surface area contributed by atoms with Crippen LogP contribution in [0.4, 0.5) is 0 Å². The Labute approximate surface area is 66.2 Å². The highest BCUT2D eigenvalue weighted by Crippen LogP contribution is 2.25. The summed E-state index contributed by atoms with van der Waals surface area (Å²) in [6.07, 6.45) is 0.756. The molecule has 0 spiro atoms. The van der Waals surface area contributed by atoms with Gasteiger partial charge < -0.3 is 15.2 Å². The SMILES string of the molecule is Cl.O[C@@H]1C[C@H]2NCCO[C@H]12. The number of ether oxygens (including phenoxy) is 1. The molecule has 60 valence electrons. The van der Waals surface area contributed by atoms with E-state index < -0.39 is 0 Å². The summed E-state index contributed by atoms with van der Waals surface area (Å²) in [5.74, 6) is 0. The van der Waals surface area contributed by atoms with Gasteiger partial charge in [0.05, 0.1) is 18.8 Å². The van der Waals surface area contributed by atoms with E-state index in [0.717, 1.165) is 19.6 Å². The molecule has 0 unspecified atom stereocenters. The lowest BCUT2D eigenvalue weighted by molar-refractivity contribution is -0.139. The van der Waals surface area contributed by atoms with Crippen molar-refractivity contribution in [1.82, 2.24) is 5.32 Å². The molecule has 0 aromatic carbocycles. The van der Waals surface area contributed by atoms with Gasteiger partial charge in [0.25, 0.3) is 0 Å². The van der Waals surface area contributed by atoms with Crippen molar-refractivity contribution in [2.75, 3.05) is 13.2 Å². The van der Waals surface area contributed by atoms with Crippen LogP contribution in [0.2, 0.25) is 0 Å². The maximum atomic E-state index is 9.08. The first kappa shape index (κ1) is 8.27. The lowest BCUT2D eigenvalue weighted by Gasteiger charge is -2.44. The molecule has 1 aliphatic heterocycles. The van der Waals surface area contributed by atoms with Gasteiger partial charge in [0.1, 0.15) is 0 Å². The fourth-order valence-electron chi connectivity index (χ4n) is 1.47. The molecular formula is C6H12ClNO2. The minimum Gasteiger partial charge on any atom is -0.390 e. The van der Waals surface area contributed by atoms with Gasteiger partial charge in [-0.2, -0.15) is 0 Å². The van der Waals surface area contributed by atoms with E-state index in [1.165, 1.54) is 0 Å². The minimum atomic E-state index is -0.206. The maximum absolute atomic E-state index is 9.08. The largest absolute Gasteiger partial charge is 0.390 e. The van der Waals surface area contributed by atoms with E-state index in [1.807, 2.05) is 0 Å². The number of halogens is 1. The van der Waals surface area contributed by atoms with Crippen LogP contribution < -0.4 is 5.32 Å². The van der Waals surface area contributed by atoms with Crippen molar-refractivity contribution in [2.24, 2.45) is 0 Å². The van der Waals surface area contributed by atoms with Crippen molar-refractivity contribution >= 4 is 12.4 Å². The van der Waals surface area contributed by atoms with E-state index in [2.05, 4.69) is 5.32 Å². The van der Waals surface area contributed by atoms with Gasteiger partial charge in [-0.15, -0.1) is 12.4 Å². The zero-order valence-corrected chi connectivity index (χ0v) is 6.43. The molecule has 3 atom stereocenters. The standard InChI is InChI=1S/C6H11NO2.ClH/c8-5-3-4-6(5)9-2-1-7-4;/h4-8H,1-3H2;1H/t4-,5-,6+;/m1./s1. The van der Waals surface area contributed by atoms with Crippen molar-refractivity contribution in [1.29, 1.82) is 0 Å². The van der Waals surface area contributed by atoms with Gasteiger partial charge in [-0.25, -0.2) is 0 Å². The summed E-state index contributed by atoms with van der Waals surface area (Å²) < 4.78 is 5.28. The Morgan fingerprint density at radius 3 is 2.80 bits per heavy atom. The van der Waals surface area contributed by atoms with Gasteiger partial charge >= 0.3 is 0 Å². The average Bonchev–Trinajstić information content (AvgIpc) is 1.86. The Hall–Kier alpha value is 0.170. The Balaban J connectivity index is 0.000000500. The number of fused-ring (bicyclic) bond motifs is 1. The van der Waals surface area contributed by atoms with Crippen molar-refractivity contribution in [3.63, 3.8) is 0 Å². The molecule has 0 aromatic heterocycles. The third-order valence-electron chi connectivity index (χ3n) is 2.09. The third-order valence-corrected chi connectivity index (χ3v) is 2.09. The molecule has 2 fully saturated rings. The van der Waals surface area contributed by atoms with Gasteiger partial charge in [0.2, 0.25) is 0 Å². The molecule has 2 aliphatic rings. The molecule has 1 saturated carbocycles. The average molecular weight is 166 g/mol. The van der Waals surface area contributed by atoms with Crippen LogP contribution in [0, 0.1) is 0 Å². The first-order valence-corrected chi connectivity index (χ1v) is 3.41. The second-order valence-corrected chi connectivity index (χ2v) is 2.70. The fourth-order valence-corrected chi connectivity index (χ4v) is 1.47. The predicted molar refractivity (Wildman–Crippen MR) is 39.4 cm³/mol. The molecule has 0 aromatic rings. The topological polar surface area (TPSA) is 41.5 Å². The summed E-state index contributed by atoms with van der Waals surface area (Å²) in [5, 5.41) is 12.3. The molecule has 1 saturated heterocycles. The molecule has 0 bridgehead atoms. The zero-order valence-electron chi connectivity index (χ0n) is 5.62. The summed E-state index contributed by atoms with van der Waals surface area (Å²) in [7, 11) is 0. The molecule has 0 amide bonds. The smallest absolute Gasteiger partial charge is 0.0988 e. The Morgan fingerprint density at radius 1 is 1.50 bits per heavy atom. The highest BCUT2D eigenvalue weighted by molar-refractivity contribution is 5.85. The monoisotopic (exact) mass is 165 g/mol. The van der Waals surface area contributed by atoms with E-state index in [4.69, 9.17) is 9.84 Å². The molecule has 0 radical (unpaired) electrons. The van der Waals surface area contributed by atoms with E-state index in [0.29, 0.717) is 6.04 Å². The van der Waals surface area contributed by atoms with E-state index in [-0.39, 0.29) is 24.6 Å². The van der Waals surface area contributed by atoms with Gasteiger partial charge in [0.15, 0.2) is 0 Å². The van der Waals surface area contributed by atoms with Crippen LogP contribution in [0.25, 0.3) is 0 Å². The van der Waals surface area contributed by atoms with Crippen molar-refractivity contribution in [2.45, 2.75) is 24.7 Å². The van der Waals surface area contributed by atoms with Gasteiger partial charge in [-0.1, -0.05) is 0 Å². The lowest BCUT2D eigenvalue weighted by Crippen LogP contribution is -2.63. The molecule has 3 nitrogen and oxygen atoms in total. The summed E-state index contributed by atoms with van der Waals surface area (Å²) >= 11 is 0. The van der Waals surface area contributed by atoms with Crippen LogP contribution >= 0.6 is 12.4 Å². The first-order chi connectivity index (χ1) is 4.38. The van der Waals surface area contributed by atoms with Gasteiger partial charge in [0, 0.05) is 12.6 Å². The number of hydrogen-bond acceptors (Lipinski definition) is 3. The normalized spacial score (nSPS) is 44.7. The Morgan fingerprint density at radius 2 is 2.30 bits per heavy atom. The Kier molecular flexibility index (Phi) is 2.52. The lowest BCUT2D eigenvalue weighted by atomic mass is 9.85. The number of hydrogen-bond donors (Lipinski definition) is 2. The zero-order chi connectivity index (χ0) is 6.27. The molecule has 1 heterocycles. The number of aliphatic hydroxyl groups excluding tert-OH is 1. The highest BCUT2D eigenvalue weighted by atomic mass is 35.5. The molecule has 10 heavy (non-hydrogen) atoms. The fraction of sp³-hybridized carbons (Fsp3) is 1.00. The number of morpholine rings is 1. The van der Waals surface area contributed by atoms with Crippen LogP contribution in [-0.4, -0.2) is 36.5 Å². The van der Waals surface area contributed by atoms with Crippen molar-refractivity contribution in [3.05, 3.63) is 0 Å². The van der Waals surface area contributed by atoms with E-state index in [9.17, 15) is 0 Å². The van der Waals surface area contributed by atoms with Gasteiger partial charge in [-0.05, 0) is 6.42 Å². The summed E-state index contributed by atoms with van der Waals surface area (Å²) in [4.78, 5) is 0. The predicted octanol–water partition coefficient (Wildman–Crippen LogP) is -0.470. The van der Waals surface area contributed by atoms with E-state index >= 15 is 0 Å². The summed E-state index contributed by atoms with van der Waals surface area (Å²) in [6.45, 7) is 1.69. The molecule has 2 N–H and O–H groups in total.